The van der Waals surface area contributed by atoms with E-state index >= 15 is 0 Å². The molecule has 1 unspecified atom stereocenters. The Hall–Kier alpha value is -0.855. The van der Waals surface area contributed by atoms with E-state index in [0.717, 1.165) is 18.4 Å². The Morgan fingerprint density at radius 3 is 2.43 bits per heavy atom. The first-order chi connectivity index (χ1) is 6.47. The van der Waals surface area contributed by atoms with Gasteiger partial charge in [0.25, 0.3) is 0 Å². The average Bonchev–Trinajstić information content (AvgIpc) is 2.09. The SMILES string of the molecule is BC(C)(CCC)c1ccc(F)c(F)c1. The fourth-order valence-electron chi connectivity index (χ4n) is 1.69. The van der Waals surface area contributed by atoms with Crippen LogP contribution in [0.5, 0.6) is 0 Å². The van der Waals surface area contributed by atoms with E-state index < -0.39 is 11.6 Å². The topological polar surface area (TPSA) is 0 Å². The van der Waals surface area contributed by atoms with Gasteiger partial charge < -0.3 is 0 Å². The number of benzene rings is 1. The van der Waals surface area contributed by atoms with Crippen LogP contribution in [-0.4, -0.2) is 7.85 Å². The molecular weight excluding hydrogens is 181 g/mol. The zero-order chi connectivity index (χ0) is 10.8. The van der Waals surface area contributed by atoms with Crippen molar-refractivity contribution in [3.8, 4) is 0 Å². The lowest BCUT2D eigenvalue weighted by atomic mass is 9.63. The molecule has 1 aromatic carbocycles. The molecule has 14 heavy (non-hydrogen) atoms. The van der Waals surface area contributed by atoms with Crippen molar-refractivity contribution < 1.29 is 8.78 Å². The van der Waals surface area contributed by atoms with E-state index in [0.29, 0.717) is 0 Å². The van der Waals surface area contributed by atoms with Gasteiger partial charge in [-0.05, 0) is 23.0 Å². The largest absolute Gasteiger partial charge is 0.204 e. The zero-order valence-corrected chi connectivity index (χ0v) is 8.90. The van der Waals surface area contributed by atoms with Gasteiger partial charge in [-0.15, -0.1) is 0 Å². The molecule has 0 heterocycles. The van der Waals surface area contributed by atoms with Crippen molar-refractivity contribution in [2.45, 2.75) is 32.0 Å². The monoisotopic (exact) mass is 196 g/mol. The minimum absolute atomic E-state index is 0.0801. The molecule has 0 aliphatic rings. The summed E-state index contributed by atoms with van der Waals surface area (Å²) in [6.45, 7) is 4.13. The highest BCUT2D eigenvalue weighted by molar-refractivity contribution is 6.15. The maximum absolute atomic E-state index is 13.0. The Morgan fingerprint density at radius 2 is 1.93 bits per heavy atom. The van der Waals surface area contributed by atoms with Crippen LogP contribution in [0.1, 0.15) is 32.3 Å². The van der Waals surface area contributed by atoms with Gasteiger partial charge in [0.05, 0.1) is 0 Å². The van der Waals surface area contributed by atoms with Gasteiger partial charge in [0.1, 0.15) is 7.85 Å². The van der Waals surface area contributed by atoms with Crippen molar-refractivity contribution in [1.29, 1.82) is 0 Å². The fraction of sp³-hybridized carbons (Fsp3) is 0.455. The van der Waals surface area contributed by atoms with E-state index in [1.807, 2.05) is 14.8 Å². The van der Waals surface area contributed by atoms with E-state index in [-0.39, 0.29) is 5.31 Å². The molecule has 0 saturated carbocycles. The Bertz CT molecular complexity index is 321. The summed E-state index contributed by atoms with van der Waals surface area (Å²) in [5, 5.41) is -0.0801. The Morgan fingerprint density at radius 1 is 1.29 bits per heavy atom. The number of rotatable bonds is 3. The number of halogens is 2. The molecule has 0 spiro atoms. The third kappa shape index (κ3) is 2.34. The third-order valence-electron chi connectivity index (χ3n) is 2.58. The van der Waals surface area contributed by atoms with E-state index in [1.165, 1.54) is 12.1 Å². The lowest BCUT2D eigenvalue weighted by Crippen LogP contribution is -2.21. The van der Waals surface area contributed by atoms with Crippen LogP contribution >= 0.6 is 0 Å². The summed E-state index contributed by atoms with van der Waals surface area (Å²) < 4.78 is 25.7. The minimum Gasteiger partial charge on any atom is -0.204 e. The first-order valence-corrected chi connectivity index (χ1v) is 4.93. The number of hydrogen-bond donors (Lipinski definition) is 0. The lowest BCUT2D eigenvalue weighted by Gasteiger charge is -2.24. The molecular formula is C11H15BF2. The van der Waals surface area contributed by atoms with Crippen LogP contribution in [0.15, 0.2) is 18.2 Å². The predicted molar refractivity (Wildman–Crippen MR) is 57.2 cm³/mol. The average molecular weight is 196 g/mol. The van der Waals surface area contributed by atoms with Crippen LogP contribution in [0, 0.1) is 11.6 Å². The Balaban J connectivity index is 3.01. The summed E-state index contributed by atoms with van der Waals surface area (Å²) in [4.78, 5) is 0. The molecule has 0 fully saturated rings. The van der Waals surface area contributed by atoms with Crippen molar-refractivity contribution >= 4 is 7.85 Å². The molecule has 0 aliphatic heterocycles. The summed E-state index contributed by atoms with van der Waals surface area (Å²) in [6.07, 6.45) is 2.00. The molecule has 0 N–H and O–H groups in total. The van der Waals surface area contributed by atoms with Crippen molar-refractivity contribution in [2.75, 3.05) is 0 Å². The van der Waals surface area contributed by atoms with Crippen molar-refractivity contribution in [2.24, 2.45) is 0 Å². The van der Waals surface area contributed by atoms with E-state index in [2.05, 4.69) is 6.92 Å². The first kappa shape index (κ1) is 11.2. The van der Waals surface area contributed by atoms with Crippen LogP contribution in [-0.2, 0) is 5.31 Å². The van der Waals surface area contributed by atoms with Crippen LogP contribution < -0.4 is 0 Å². The normalized spacial score (nSPS) is 15.1. The molecule has 0 saturated heterocycles. The highest BCUT2D eigenvalue weighted by Gasteiger charge is 2.20. The van der Waals surface area contributed by atoms with Crippen LogP contribution in [0.2, 0.25) is 0 Å². The van der Waals surface area contributed by atoms with Crippen molar-refractivity contribution in [3.63, 3.8) is 0 Å². The maximum atomic E-state index is 13.0. The molecule has 0 aromatic heterocycles. The highest BCUT2D eigenvalue weighted by Crippen LogP contribution is 2.26. The summed E-state index contributed by atoms with van der Waals surface area (Å²) in [6, 6.07) is 4.15. The van der Waals surface area contributed by atoms with Gasteiger partial charge in [-0.1, -0.05) is 32.8 Å². The molecule has 1 aromatic rings. The molecule has 1 atom stereocenters. The molecule has 0 nitrogen and oxygen atoms in total. The summed E-state index contributed by atoms with van der Waals surface area (Å²) in [7, 11) is 2.04. The molecule has 0 bridgehead atoms. The lowest BCUT2D eigenvalue weighted by molar-refractivity contribution is 0.501. The first-order valence-electron chi connectivity index (χ1n) is 4.93. The minimum atomic E-state index is -0.777. The maximum Gasteiger partial charge on any atom is 0.159 e. The molecule has 76 valence electrons. The van der Waals surface area contributed by atoms with Crippen molar-refractivity contribution in [3.05, 3.63) is 35.4 Å². The van der Waals surface area contributed by atoms with Crippen LogP contribution in [0.4, 0.5) is 8.78 Å². The van der Waals surface area contributed by atoms with Gasteiger partial charge >= 0.3 is 0 Å². The third-order valence-corrected chi connectivity index (χ3v) is 2.58. The van der Waals surface area contributed by atoms with Gasteiger partial charge in [0.2, 0.25) is 0 Å². The van der Waals surface area contributed by atoms with Gasteiger partial charge in [0, 0.05) is 0 Å². The molecule has 3 heteroatoms. The van der Waals surface area contributed by atoms with E-state index in [1.54, 1.807) is 6.07 Å². The second kappa shape index (κ2) is 4.12. The smallest absolute Gasteiger partial charge is 0.159 e. The standard InChI is InChI=1S/C11H15BF2/c1-3-6-11(2,12)8-4-5-9(13)10(14)7-8/h4-5,7H,3,6,12H2,1-2H3. The molecule has 1 rings (SSSR count). The van der Waals surface area contributed by atoms with E-state index in [4.69, 9.17) is 0 Å². The number of hydrogen-bond acceptors (Lipinski definition) is 0. The van der Waals surface area contributed by atoms with Gasteiger partial charge in [-0.25, -0.2) is 8.78 Å². The fourth-order valence-corrected chi connectivity index (χ4v) is 1.69. The quantitative estimate of drug-likeness (QED) is 0.651. The molecule has 0 radical (unpaired) electrons. The second-order valence-corrected chi connectivity index (χ2v) is 4.26. The van der Waals surface area contributed by atoms with E-state index in [9.17, 15) is 8.78 Å². The summed E-state index contributed by atoms with van der Waals surface area (Å²) >= 11 is 0. The summed E-state index contributed by atoms with van der Waals surface area (Å²) in [5.74, 6) is -1.53. The van der Waals surface area contributed by atoms with Crippen LogP contribution in [0.3, 0.4) is 0 Å². The molecule has 0 amide bonds. The predicted octanol–water partition coefficient (Wildman–Crippen LogP) is 2.61. The van der Waals surface area contributed by atoms with Gasteiger partial charge in [-0.2, -0.15) is 0 Å². The Kier molecular flexibility index (Phi) is 3.30. The van der Waals surface area contributed by atoms with Gasteiger partial charge in [-0.3, -0.25) is 0 Å². The second-order valence-electron chi connectivity index (χ2n) is 4.26. The highest BCUT2D eigenvalue weighted by atomic mass is 19.2. The summed E-state index contributed by atoms with van der Waals surface area (Å²) in [5.41, 5.74) is 0.859. The molecule has 0 aliphatic carbocycles. The Labute approximate surface area is 84.7 Å². The van der Waals surface area contributed by atoms with Crippen LogP contribution in [0.25, 0.3) is 0 Å². The zero-order valence-electron chi connectivity index (χ0n) is 8.90. The van der Waals surface area contributed by atoms with Gasteiger partial charge in [0.15, 0.2) is 11.6 Å². The van der Waals surface area contributed by atoms with Crippen molar-refractivity contribution in [1.82, 2.24) is 0 Å².